The van der Waals surface area contributed by atoms with Gasteiger partial charge in [-0.2, -0.15) is 0 Å². The number of carbonyl (C=O) groups excluding carboxylic acids is 1. The van der Waals surface area contributed by atoms with Gasteiger partial charge in [-0.3, -0.25) is 4.79 Å². The summed E-state index contributed by atoms with van der Waals surface area (Å²) in [5.41, 5.74) is 2.53. The van der Waals surface area contributed by atoms with Gasteiger partial charge in [0.15, 0.2) is 0 Å². The van der Waals surface area contributed by atoms with E-state index >= 15 is 0 Å². The number of halogens is 1. The van der Waals surface area contributed by atoms with Crippen molar-refractivity contribution in [1.82, 2.24) is 4.90 Å². The number of hydrogen-bond donors (Lipinski definition) is 1. The number of carbonyl (C=O) groups is 1. The third-order valence-electron chi connectivity index (χ3n) is 3.41. The van der Waals surface area contributed by atoms with Crippen LogP contribution in [0.1, 0.15) is 29.3 Å². The number of likely N-dealkylation sites (tertiary alicyclic amines) is 1. The van der Waals surface area contributed by atoms with Crippen LogP contribution in [0.5, 0.6) is 0 Å². The van der Waals surface area contributed by atoms with E-state index in [4.69, 9.17) is 5.21 Å². The molecule has 102 valence electrons. The Bertz CT molecular complexity index is 508. The summed E-state index contributed by atoms with van der Waals surface area (Å²) in [6.07, 6.45) is 0.635. The molecule has 0 aromatic heterocycles. The number of aryl methyl sites for hydroxylation is 1. The molecule has 1 aromatic rings. The molecule has 5 heteroatoms. The first-order valence-electron chi connectivity index (χ1n) is 6.28. The molecule has 0 bridgehead atoms. The van der Waals surface area contributed by atoms with E-state index in [0.717, 1.165) is 15.7 Å². The molecule has 0 spiro atoms. The van der Waals surface area contributed by atoms with Gasteiger partial charge in [0.05, 0.1) is 5.71 Å². The largest absolute Gasteiger partial charge is 0.411 e. The van der Waals surface area contributed by atoms with Gasteiger partial charge in [0, 0.05) is 35.5 Å². The van der Waals surface area contributed by atoms with Gasteiger partial charge in [-0.05, 0) is 30.7 Å². The second kappa shape index (κ2) is 5.74. The molecule has 1 aromatic carbocycles. The number of hydrogen-bond acceptors (Lipinski definition) is 3. The monoisotopic (exact) mass is 324 g/mol. The average Bonchev–Trinajstić information content (AvgIpc) is 2.36. The van der Waals surface area contributed by atoms with E-state index in [1.165, 1.54) is 0 Å². The summed E-state index contributed by atoms with van der Waals surface area (Å²) in [5.74, 6) is 0.143. The molecule has 0 aliphatic carbocycles. The van der Waals surface area contributed by atoms with Crippen LogP contribution in [0.2, 0.25) is 0 Å². The zero-order chi connectivity index (χ0) is 14.0. The Morgan fingerprint density at radius 1 is 1.47 bits per heavy atom. The number of benzene rings is 1. The SMILES string of the molecule is Cc1cc(Br)cc(C(=O)N2CC/C(=N\O)C(C)C2)c1. The molecule has 0 saturated carbocycles. The summed E-state index contributed by atoms with van der Waals surface area (Å²) < 4.78 is 0.915. The molecule has 1 unspecified atom stereocenters. The highest BCUT2D eigenvalue weighted by Gasteiger charge is 2.26. The molecule has 1 fully saturated rings. The fourth-order valence-electron chi connectivity index (χ4n) is 2.40. The molecule has 1 N–H and O–H groups in total. The van der Waals surface area contributed by atoms with Crippen molar-refractivity contribution in [2.75, 3.05) is 13.1 Å². The van der Waals surface area contributed by atoms with E-state index in [1.54, 1.807) is 0 Å². The molecule has 4 nitrogen and oxygen atoms in total. The first kappa shape index (κ1) is 14.1. The predicted molar refractivity (Wildman–Crippen MR) is 77.8 cm³/mol. The Morgan fingerprint density at radius 3 is 2.79 bits per heavy atom. The molecular formula is C14H17BrN2O2. The van der Waals surface area contributed by atoms with Crippen LogP contribution >= 0.6 is 15.9 Å². The predicted octanol–water partition coefficient (Wildman–Crippen LogP) is 3.07. The standard InChI is InChI=1S/C14H17BrN2O2/c1-9-5-11(7-12(15)6-9)14(18)17-4-3-13(16-19)10(2)8-17/h5-7,10,19H,3-4,8H2,1-2H3/b16-13+. The van der Waals surface area contributed by atoms with Crippen LogP contribution in [0, 0.1) is 12.8 Å². The van der Waals surface area contributed by atoms with Crippen molar-refractivity contribution in [3.05, 3.63) is 33.8 Å². The minimum Gasteiger partial charge on any atom is -0.411 e. The van der Waals surface area contributed by atoms with E-state index in [-0.39, 0.29) is 11.8 Å². The lowest BCUT2D eigenvalue weighted by Gasteiger charge is -2.31. The molecular weight excluding hydrogens is 308 g/mol. The second-order valence-corrected chi connectivity index (χ2v) is 5.93. The third kappa shape index (κ3) is 3.15. The number of rotatable bonds is 1. The van der Waals surface area contributed by atoms with E-state index < -0.39 is 0 Å². The molecule has 1 saturated heterocycles. The third-order valence-corrected chi connectivity index (χ3v) is 3.86. The highest BCUT2D eigenvalue weighted by Crippen LogP contribution is 2.20. The van der Waals surface area contributed by atoms with Crippen LogP contribution in [-0.4, -0.2) is 34.8 Å². The lowest BCUT2D eigenvalue weighted by molar-refractivity contribution is 0.0734. The van der Waals surface area contributed by atoms with E-state index in [9.17, 15) is 4.79 Å². The molecule has 19 heavy (non-hydrogen) atoms. The molecule has 1 amide bonds. The first-order valence-corrected chi connectivity index (χ1v) is 7.08. The van der Waals surface area contributed by atoms with Gasteiger partial charge in [-0.15, -0.1) is 0 Å². The fourth-order valence-corrected chi connectivity index (χ4v) is 3.01. The van der Waals surface area contributed by atoms with Gasteiger partial charge in [0.2, 0.25) is 0 Å². The molecule has 2 rings (SSSR count). The van der Waals surface area contributed by atoms with Crippen molar-refractivity contribution in [2.45, 2.75) is 20.3 Å². The van der Waals surface area contributed by atoms with Gasteiger partial charge in [0.1, 0.15) is 0 Å². The summed E-state index contributed by atoms with van der Waals surface area (Å²) in [6, 6.07) is 5.72. The minimum atomic E-state index is 0.0354. The highest BCUT2D eigenvalue weighted by molar-refractivity contribution is 9.10. The normalized spacial score (nSPS) is 21.7. The van der Waals surface area contributed by atoms with E-state index in [1.807, 2.05) is 36.9 Å². The summed E-state index contributed by atoms with van der Waals surface area (Å²) >= 11 is 3.41. The Balaban J connectivity index is 2.16. The van der Waals surface area contributed by atoms with Crippen molar-refractivity contribution in [1.29, 1.82) is 0 Å². The van der Waals surface area contributed by atoms with E-state index in [0.29, 0.717) is 25.1 Å². The zero-order valence-corrected chi connectivity index (χ0v) is 12.6. The maximum absolute atomic E-state index is 12.4. The Labute approximate surface area is 121 Å². The van der Waals surface area contributed by atoms with Crippen molar-refractivity contribution in [2.24, 2.45) is 11.1 Å². The molecule has 1 aliphatic rings. The highest BCUT2D eigenvalue weighted by atomic mass is 79.9. The Morgan fingerprint density at radius 2 is 2.21 bits per heavy atom. The molecule has 1 heterocycles. The van der Waals surface area contributed by atoms with Crippen molar-refractivity contribution < 1.29 is 10.0 Å². The van der Waals surface area contributed by atoms with Gasteiger partial charge in [0.25, 0.3) is 5.91 Å². The van der Waals surface area contributed by atoms with Crippen LogP contribution in [-0.2, 0) is 0 Å². The fraction of sp³-hybridized carbons (Fsp3) is 0.429. The van der Waals surface area contributed by atoms with Crippen LogP contribution in [0.15, 0.2) is 27.8 Å². The quantitative estimate of drug-likeness (QED) is 0.637. The maximum Gasteiger partial charge on any atom is 0.253 e. The lowest BCUT2D eigenvalue weighted by Crippen LogP contribution is -2.43. The van der Waals surface area contributed by atoms with Crippen LogP contribution in [0.25, 0.3) is 0 Å². The van der Waals surface area contributed by atoms with Crippen LogP contribution < -0.4 is 0 Å². The average molecular weight is 325 g/mol. The topological polar surface area (TPSA) is 52.9 Å². The Kier molecular flexibility index (Phi) is 4.24. The molecule has 0 radical (unpaired) electrons. The Hall–Kier alpha value is -1.36. The number of piperidine rings is 1. The zero-order valence-electron chi connectivity index (χ0n) is 11.1. The second-order valence-electron chi connectivity index (χ2n) is 5.01. The van der Waals surface area contributed by atoms with E-state index in [2.05, 4.69) is 21.1 Å². The van der Waals surface area contributed by atoms with Crippen molar-refractivity contribution in [3.8, 4) is 0 Å². The first-order chi connectivity index (χ1) is 9.01. The van der Waals surface area contributed by atoms with Gasteiger partial charge < -0.3 is 10.1 Å². The minimum absolute atomic E-state index is 0.0354. The molecule has 1 atom stereocenters. The summed E-state index contributed by atoms with van der Waals surface area (Å²) in [7, 11) is 0. The number of nitrogens with zero attached hydrogens (tertiary/aromatic N) is 2. The summed E-state index contributed by atoms with van der Waals surface area (Å²) in [4.78, 5) is 14.3. The summed E-state index contributed by atoms with van der Waals surface area (Å²) in [5, 5.41) is 12.1. The van der Waals surface area contributed by atoms with Crippen molar-refractivity contribution >= 4 is 27.5 Å². The maximum atomic E-state index is 12.4. The van der Waals surface area contributed by atoms with Gasteiger partial charge in [-0.25, -0.2) is 0 Å². The van der Waals surface area contributed by atoms with Crippen molar-refractivity contribution in [3.63, 3.8) is 0 Å². The molecule has 1 aliphatic heterocycles. The smallest absolute Gasteiger partial charge is 0.253 e. The van der Waals surface area contributed by atoms with Gasteiger partial charge >= 0.3 is 0 Å². The van der Waals surface area contributed by atoms with Crippen LogP contribution in [0.3, 0.4) is 0 Å². The van der Waals surface area contributed by atoms with Gasteiger partial charge in [-0.1, -0.05) is 28.0 Å². The summed E-state index contributed by atoms with van der Waals surface area (Å²) in [6.45, 7) is 5.15. The number of oxime groups is 1. The number of amides is 1. The van der Waals surface area contributed by atoms with Crippen LogP contribution in [0.4, 0.5) is 0 Å². The lowest BCUT2D eigenvalue weighted by atomic mass is 9.97.